The lowest BCUT2D eigenvalue weighted by Crippen LogP contribution is -2.29. The molecule has 2 aromatic rings. The third kappa shape index (κ3) is 5.45. The van der Waals surface area contributed by atoms with E-state index in [1.165, 1.54) is 18.2 Å². The predicted octanol–water partition coefficient (Wildman–Crippen LogP) is 2.90. The second-order valence-corrected chi connectivity index (χ2v) is 8.55. The number of aryl methyl sites for hydroxylation is 1. The number of halogens is 1. The number of nitrogens with one attached hydrogen (secondary N) is 2. The monoisotopic (exact) mass is 408 g/mol. The molecule has 3 rings (SSSR count). The summed E-state index contributed by atoms with van der Waals surface area (Å²) in [5.41, 5.74) is 1.32. The Balaban J connectivity index is 1.58. The molecule has 2 N–H and O–H groups in total. The number of hydrogen-bond donors (Lipinski definition) is 2. The van der Waals surface area contributed by atoms with Gasteiger partial charge in [0.25, 0.3) is 5.91 Å². The van der Waals surface area contributed by atoms with E-state index in [2.05, 4.69) is 10.0 Å². The Labute approximate surface area is 163 Å². The maximum Gasteiger partial charge on any atom is 0.251 e. The van der Waals surface area contributed by atoms with Gasteiger partial charge in [-0.05, 0) is 55.7 Å². The molecule has 0 radical (unpaired) electrons. The summed E-state index contributed by atoms with van der Waals surface area (Å²) in [6.07, 6.45) is 1.63. The fraction of sp³-hybridized carbons (Fsp3) is 0.316. The van der Waals surface area contributed by atoms with Crippen molar-refractivity contribution in [3.05, 3.63) is 58.6 Å². The van der Waals surface area contributed by atoms with E-state index in [9.17, 15) is 13.2 Å². The van der Waals surface area contributed by atoms with Gasteiger partial charge < -0.3 is 10.1 Å². The number of carbonyl (C=O) groups excluding carboxylic acids is 1. The first-order valence-corrected chi connectivity index (χ1v) is 10.5. The van der Waals surface area contributed by atoms with E-state index in [-0.39, 0.29) is 34.0 Å². The highest BCUT2D eigenvalue weighted by atomic mass is 35.5. The number of benzene rings is 2. The molecule has 8 heteroatoms. The number of ether oxygens (including phenoxy) is 1. The Kier molecular flexibility index (Phi) is 6.04. The van der Waals surface area contributed by atoms with E-state index < -0.39 is 10.0 Å². The Morgan fingerprint density at radius 2 is 2.00 bits per heavy atom. The quantitative estimate of drug-likeness (QED) is 0.658. The van der Waals surface area contributed by atoms with Crippen molar-refractivity contribution in [1.29, 1.82) is 0 Å². The third-order valence-corrected chi connectivity index (χ3v) is 6.03. The van der Waals surface area contributed by atoms with E-state index >= 15 is 0 Å². The average molecular weight is 409 g/mol. The highest BCUT2D eigenvalue weighted by Gasteiger charge is 2.29. The van der Waals surface area contributed by atoms with Gasteiger partial charge in [-0.1, -0.05) is 23.7 Å². The van der Waals surface area contributed by atoms with Gasteiger partial charge in [0.1, 0.15) is 17.3 Å². The minimum Gasteiger partial charge on any atom is -0.492 e. The van der Waals surface area contributed by atoms with Gasteiger partial charge in [0.05, 0.1) is 11.6 Å². The van der Waals surface area contributed by atoms with Gasteiger partial charge in [0.2, 0.25) is 10.0 Å². The van der Waals surface area contributed by atoms with Gasteiger partial charge in [-0.2, -0.15) is 0 Å². The molecule has 27 heavy (non-hydrogen) atoms. The normalized spacial score (nSPS) is 14.0. The Hall–Kier alpha value is -2.09. The van der Waals surface area contributed by atoms with Crippen LogP contribution in [0.4, 0.5) is 0 Å². The van der Waals surface area contributed by atoms with E-state index in [0.717, 1.165) is 24.2 Å². The molecule has 0 unspecified atom stereocenters. The molecule has 0 bridgehead atoms. The summed E-state index contributed by atoms with van der Waals surface area (Å²) in [5.74, 6) is 0.345. The zero-order valence-corrected chi connectivity index (χ0v) is 16.4. The average Bonchev–Trinajstić information content (AvgIpc) is 3.42. The lowest BCUT2D eigenvalue weighted by molar-refractivity contribution is 0.0947. The molecule has 6 nitrogen and oxygen atoms in total. The third-order valence-electron chi connectivity index (χ3n) is 4.03. The molecule has 1 aliphatic rings. The second kappa shape index (κ2) is 8.29. The maximum atomic E-state index is 12.4. The standard InChI is InChI=1S/C19H21ClN2O4S/c1-13-3-2-4-16(11-13)26-10-9-21-19(23)14-5-8-17(20)18(12-14)27(24,25)22-15-6-7-15/h2-5,8,11-12,15,22H,6-7,9-10H2,1H3,(H,21,23). The summed E-state index contributed by atoms with van der Waals surface area (Å²) in [7, 11) is -3.74. The molecule has 1 saturated carbocycles. The van der Waals surface area contributed by atoms with Gasteiger partial charge in [-0.15, -0.1) is 0 Å². The van der Waals surface area contributed by atoms with Gasteiger partial charge >= 0.3 is 0 Å². The van der Waals surface area contributed by atoms with Crippen molar-refractivity contribution in [2.24, 2.45) is 0 Å². The topological polar surface area (TPSA) is 84.5 Å². The van der Waals surface area contributed by atoms with Crippen molar-refractivity contribution in [2.45, 2.75) is 30.7 Å². The SMILES string of the molecule is Cc1cccc(OCCNC(=O)c2ccc(Cl)c(S(=O)(=O)NC3CC3)c2)c1. The molecule has 0 spiro atoms. The van der Waals surface area contributed by atoms with Crippen LogP contribution in [0.5, 0.6) is 5.75 Å². The Bertz CT molecular complexity index is 942. The summed E-state index contributed by atoms with van der Waals surface area (Å²) in [6.45, 7) is 2.56. The molecule has 1 aliphatic carbocycles. The molecule has 0 heterocycles. The molecular weight excluding hydrogens is 388 g/mol. The van der Waals surface area contributed by atoms with Crippen LogP contribution in [0.15, 0.2) is 47.4 Å². The minimum atomic E-state index is -3.74. The van der Waals surface area contributed by atoms with Crippen molar-refractivity contribution in [1.82, 2.24) is 10.0 Å². The molecule has 144 valence electrons. The van der Waals surface area contributed by atoms with Crippen LogP contribution in [0.25, 0.3) is 0 Å². The molecule has 1 fully saturated rings. The van der Waals surface area contributed by atoms with Crippen molar-refractivity contribution in [2.75, 3.05) is 13.2 Å². The van der Waals surface area contributed by atoms with E-state index in [1.807, 2.05) is 31.2 Å². The van der Waals surface area contributed by atoms with Gasteiger partial charge in [-0.25, -0.2) is 13.1 Å². The second-order valence-electron chi connectivity index (χ2n) is 6.46. The van der Waals surface area contributed by atoms with Crippen LogP contribution in [-0.4, -0.2) is 33.5 Å². The van der Waals surface area contributed by atoms with Crippen molar-refractivity contribution in [3.63, 3.8) is 0 Å². The first-order chi connectivity index (χ1) is 12.8. The van der Waals surface area contributed by atoms with Crippen molar-refractivity contribution < 1.29 is 17.9 Å². The summed E-state index contributed by atoms with van der Waals surface area (Å²) in [6, 6.07) is 11.8. The number of carbonyl (C=O) groups is 1. The van der Waals surface area contributed by atoms with E-state index in [1.54, 1.807) is 0 Å². The zero-order valence-electron chi connectivity index (χ0n) is 14.9. The van der Waals surface area contributed by atoms with Crippen LogP contribution in [-0.2, 0) is 10.0 Å². The molecule has 0 saturated heterocycles. The van der Waals surface area contributed by atoms with Crippen LogP contribution < -0.4 is 14.8 Å². The number of hydrogen-bond acceptors (Lipinski definition) is 4. The molecule has 0 aliphatic heterocycles. The van der Waals surface area contributed by atoms with Crippen LogP contribution in [0.2, 0.25) is 5.02 Å². The lowest BCUT2D eigenvalue weighted by atomic mass is 10.2. The first kappa shape index (κ1) is 19.7. The number of amides is 1. The summed E-state index contributed by atoms with van der Waals surface area (Å²) < 4.78 is 32.9. The minimum absolute atomic E-state index is 0.0395. The van der Waals surface area contributed by atoms with Crippen LogP contribution in [0.1, 0.15) is 28.8 Å². The van der Waals surface area contributed by atoms with E-state index in [4.69, 9.17) is 16.3 Å². The van der Waals surface area contributed by atoms with Gasteiger partial charge in [0.15, 0.2) is 0 Å². The van der Waals surface area contributed by atoms with Gasteiger partial charge in [0, 0.05) is 11.6 Å². The molecule has 0 atom stereocenters. The van der Waals surface area contributed by atoms with E-state index in [0.29, 0.717) is 6.61 Å². The Morgan fingerprint density at radius 1 is 1.22 bits per heavy atom. The smallest absolute Gasteiger partial charge is 0.251 e. The fourth-order valence-corrected chi connectivity index (χ4v) is 4.31. The molecule has 1 amide bonds. The maximum absolute atomic E-state index is 12.4. The van der Waals surface area contributed by atoms with Crippen molar-refractivity contribution in [3.8, 4) is 5.75 Å². The summed E-state index contributed by atoms with van der Waals surface area (Å²) >= 11 is 6.03. The van der Waals surface area contributed by atoms with Gasteiger partial charge in [-0.3, -0.25) is 4.79 Å². The highest BCUT2D eigenvalue weighted by Crippen LogP contribution is 2.26. The lowest BCUT2D eigenvalue weighted by Gasteiger charge is -2.11. The van der Waals surface area contributed by atoms with Crippen LogP contribution >= 0.6 is 11.6 Å². The first-order valence-electron chi connectivity index (χ1n) is 8.65. The van der Waals surface area contributed by atoms with Crippen LogP contribution in [0.3, 0.4) is 0 Å². The largest absolute Gasteiger partial charge is 0.492 e. The zero-order chi connectivity index (χ0) is 19.4. The molecular formula is C19H21ClN2O4S. The Morgan fingerprint density at radius 3 is 2.70 bits per heavy atom. The predicted molar refractivity (Wildman–Crippen MR) is 104 cm³/mol. The number of sulfonamides is 1. The highest BCUT2D eigenvalue weighted by molar-refractivity contribution is 7.89. The number of rotatable bonds is 8. The molecule has 2 aromatic carbocycles. The fourth-order valence-electron chi connectivity index (χ4n) is 2.48. The summed E-state index contributed by atoms with van der Waals surface area (Å²) in [4.78, 5) is 12.2. The van der Waals surface area contributed by atoms with Crippen LogP contribution in [0, 0.1) is 6.92 Å². The van der Waals surface area contributed by atoms with Crippen molar-refractivity contribution >= 4 is 27.5 Å². The molecule has 0 aromatic heterocycles. The summed E-state index contributed by atoms with van der Waals surface area (Å²) in [5, 5.41) is 2.80.